The van der Waals surface area contributed by atoms with Crippen molar-refractivity contribution in [2.45, 2.75) is 38.3 Å². The predicted molar refractivity (Wildman–Crippen MR) is 95.6 cm³/mol. The molecule has 2 fully saturated rings. The van der Waals surface area contributed by atoms with Crippen molar-refractivity contribution in [3.05, 3.63) is 41.5 Å². The topological polar surface area (TPSA) is 54.6 Å². The normalized spacial score (nSPS) is 19.4. The molecule has 4 rings (SSSR count). The van der Waals surface area contributed by atoms with E-state index < -0.39 is 0 Å². The Morgan fingerprint density at radius 1 is 1.24 bits per heavy atom. The average Bonchev–Trinajstić information content (AvgIpc) is 3.39. The number of aromatic nitrogens is 2. The lowest BCUT2D eigenvalue weighted by atomic mass is 10.1. The van der Waals surface area contributed by atoms with E-state index in [9.17, 15) is 0 Å². The average molecular weight is 342 g/mol. The second-order valence-corrected chi connectivity index (χ2v) is 7.08. The summed E-state index contributed by atoms with van der Waals surface area (Å²) >= 11 is 0. The van der Waals surface area contributed by atoms with E-state index in [-0.39, 0.29) is 6.04 Å². The first-order valence-electron chi connectivity index (χ1n) is 9.16. The molecule has 1 aliphatic carbocycles. The van der Waals surface area contributed by atoms with Crippen LogP contribution in [0.3, 0.4) is 0 Å². The van der Waals surface area contributed by atoms with Crippen molar-refractivity contribution in [3.8, 4) is 0 Å². The molecule has 6 heteroatoms. The third-order valence-corrected chi connectivity index (χ3v) is 5.18. The predicted octanol–water partition coefficient (Wildman–Crippen LogP) is 2.98. The van der Waals surface area contributed by atoms with Crippen LogP contribution >= 0.6 is 0 Å². The second kappa shape index (κ2) is 7.14. The van der Waals surface area contributed by atoms with E-state index >= 15 is 0 Å². The molecule has 2 aliphatic rings. The Balaban J connectivity index is 1.46. The minimum Gasteiger partial charge on any atom is -0.378 e. The van der Waals surface area contributed by atoms with Gasteiger partial charge in [-0.05, 0) is 38.4 Å². The van der Waals surface area contributed by atoms with Crippen LogP contribution in [0.5, 0.6) is 0 Å². The molecule has 0 bridgehead atoms. The van der Waals surface area contributed by atoms with Crippen LogP contribution in [0.15, 0.2) is 28.8 Å². The quantitative estimate of drug-likeness (QED) is 0.804. The molecular formula is C19H26N4O2. The van der Waals surface area contributed by atoms with Gasteiger partial charge in [-0.1, -0.05) is 23.4 Å². The van der Waals surface area contributed by atoms with Crippen molar-refractivity contribution < 1.29 is 9.26 Å². The maximum atomic E-state index is 5.50. The van der Waals surface area contributed by atoms with Crippen molar-refractivity contribution in [1.29, 1.82) is 0 Å². The molecule has 2 heterocycles. The summed E-state index contributed by atoms with van der Waals surface area (Å²) < 4.78 is 11.0. The van der Waals surface area contributed by atoms with Crippen LogP contribution in [0.2, 0.25) is 0 Å². The maximum absolute atomic E-state index is 5.50. The first-order valence-corrected chi connectivity index (χ1v) is 9.16. The van der Waals surface area contributed by atoms with Gasteiger partial charge in [0.15, 0.2) is 5.82 Å². The van der Waals surface area contributed by atoms with E-state index in [2.05, 4.69) is 58.2 Å². The zero-order valence-electron chi connectivity index (χ0n) is 15.0. The van der Waals surface area contributed by atoms with Crippen molar-refractivity contribution in [3.63, 3.8) is 0 Å². The highest BCUT2D eigenvalue weighted by Crippen LogP contribution is 2.38. The molecule has 0 N–H and O–H groups in total. The zero-order valence-corrected chi connectivity index (χ0v) is 15.0. The molecule has 1 aromatic heterocycles. The number of benzene rings is 1. The van der Waals surface area contributed by atoms with E-state index in [0.717, 1.165) is 38.7 Å². The van der Waals surface area contributed by atoms with Gasteiger partial charge in [0.1, 0.15) is 0 Å². The molecule has 25 heavy (non-hydrogen) atoms. The number of ether oxygens (including phenoxy) is 1. The molecule has 0 radical (unpaired) electrons. The van der Waals surface area contributed by atoms with Crippen LogP contribution in [-0.4, -0.2) is 48.4 Å². The minimum atomic E-state index is 0.0951. The number of hydrogen-bond acceptors (Lipinski definition) is 6. The second-order valence-electron chi connectivity index (χ2n) is 7.08. The summed E-state index contributed by atoms with van der Waals surface area (Å²) in [6.45, 7) is 6.46. The Kier molecular flexibility index (Phi) is 4.72. The van der Waals surface area contributed by atoms with Crippen LogP contribution in [-0.2, 0) is 11.3 Å². The SMILES string of the molecule is CC(c1nc(C2CC2)no1)N(C)Cc1ccccc1N1CCOCC1. The molecule has 1 aromatic carbocycles. The standard InChI is InChI=1S/C19H26N4O2/c1-14(19-20-18(21-25-19)15-7-8-15)22(2)13-16-5-3-4-6-17(16)23-9-11-24-12-10-23/h3-6,14-15H,7-13H2,1-2H3. The molecular weight excluding hydrogens is 316 g/mol. The Labute approximate surface area is 148 Å². The van der Waals surface area contributed by atoms with Crippen molar-refractivity contribution in [2.75, 3.05) is 38.3 Å². The third kappa shape index (κ3) is 3.70. The van der Waals surface area contributed by atoms with Crippen LogP contribution in [0.25, 0.3) is 0 Å². The van der Waals surface area contributed by atoms with Gasteiger partial charge >= 0.3 is 0 Å². The number of rotatable bonds is 6. The summed E-state index contributed by atoms with van der Waals surface area (Å²) in [5, 5.41) is 4.14. The van der Waals surface area contributed by atoms with Crippen molar-refractivity contribution in [2.24, 2.45) is 0 Å². The van der Waals surface area contributed by atoms with E-state index in [1.807, 2.05) is 0 Å². The Hall–Kier alpha value is -1.92. The van der Waals surface area contributed by atoms with Crippen LogP contribution in [0.1, 0.15) is 49.0 Å². The van der Waals surface area contributed by atoms with E-state index in [0.29, 0.717) is 11.8 Å². The molecule has 1 aliphatic heterocycles. The lowest BCUT2D eigenvalue weighted by Gasteiger charge is -2.32. The lowest BCUT2D eigenvalue weighted by Crippen LogP contribution is -2.37. The number of morpholine rings is 1. The molecule has 1 saturated carbocycles. The monoisotopic (exact) mass is 342 g/mol. The fourth-order valence-corrected chi connectivity index (χ4v) is 3.28. The fourth-order valence-electron chi connectivity index (χ4n) is 3.28. The largest absolute Gasteiger partial charge is 0.378 e. The molecule has 0 spiro atoms. The van der Waals surface area contributed by atoms with Gasteiger partial charge in [-0.25, -0.2) is 0 Å². The van der Waals surface area contributed by atoms with Gasteiger partial charge < -0.3 is 14.2 Å². The summed E-state index contributed by atoms with van der Waals surface area (Å²) in [7, 11) is 2.11. The van der Waals surface area contributed by atoms with Crippen LogP contribution < -0.4 is 4.90 Å². The van der Waals surface area contributed by atoms with Gasteiger partial charge in [0.25, 0.3) is 0 Å². The van der Waals surface area contributed by atoms with Gasteiger partial charge in [-0.2, -0.15) is 4.98 Å². The summed E-state index contributed by atoms with van der Waals surface area (Å²) in [6.07, 6.45) is 2.38. The Bertz CT molecular complexity index is 707. The van der Waals surface area contributed by atoms with E-state index in [1.165, 1.54) is 24.1 Å². The zero-order chi connectivity index (χ0) is 17.2. The molecule has 1 saturated heterocycles. The van der Waals surface area contributed by atoms with Gasteiger partial charge in [-0.15, -0.1) is 0 Å². The van der Waals surface area contributed by atoms with Gasteiger partial charge in [-0.3, -0.25) is 4.90 Å². The molecule has 0 amide bonds. The Morgan fingerprint density at radius 2 is 2.00 bits per heavy atom. The molecule has 1 unspecified atom stereocenters. The highest BCUT2D eigenvalue weighted by atomic mass is 16.5. The molecule has 6 nitrogen and oxygen atoms in total. The third-order valence-electron chi connectivity index (χ3n) is 5.18. The molecule has 1 atom stereocenters. The van der Waals surface area contributed by atoms with Crippen LogP contribution in [0, 0.1) is 0 Å². The van der Waals surface area contributed by atoms with Crippen molar-refractivity contribution >= 4 is 5.69 Å². The maximum Gasteiger partial charge on any atom is 0.243 e. The summed E-state index contributed by atoms with van der Waals surface area (Å²) in [6, 6.07) is 8.72. The highest BCUT2D eigenvalue weighted by molar-refractivity contribution is 5.53. The number of nitrogens with zero attached hydrogens (tertiary/aromatic N) is 4. The first kappa shape index (κ1) is 16.5. The van der Waals surface area contributed by atoms with Gasteiger partial charge in [0.05, 0.1) is 19.3 Å². The Morgan fingerprint density at radius 3 is 2.76 bits per heavy atom. The highest BCUT2D eigenvalue weighted by Gasteiger charge is 2.30. The van der Waals surface area contributed by atoms with Crippen molar-refractivity contribution in [1.82, 2.24) is 15.0 Å². The molecule has 2 aromatic rings. The minimum absolute atomic E-state index is 0.0951. The smallest absolute Gasteiger partial charge is 0.243 e. The van der Waals surface area contributed by atoms with Gasteiger partial charge in [0, 0.05) is 31.2 Å². The lowest BCUT2D eigenvalue weighted by molar-refractivity contribution is 0.122. The van der Waals surface area contributed by atoms with Gasteiger partial charge in [0.2, 0.25) is 5.89 Å². The number of hydrogen-bond donors (Lipinski definition) is 0. The van der Waals surface area contributed by atoms with E-state index in [4.69, 9.17) is 9.26 Å². The summed E-state index contributed by atoms with van der Waals surface area (Å²) in [5.74, 6) is 2.12. The van der Waals surface area contributed by atoms with Crippen LogP contribution in [0.4, 0.5) is 5.69 Å². The van der Waals surface area contributed by atoms with E-state index in [1.54, 1.807) is 0 Å². The summed E-state index contributed by atoms with van der Waals surface area (Å²) in [5.41, 5.74) is 2.62. The number of para-hydroxylation sites is 1. The number of anilines is 1. The summed E-state index contributed by atoms with van der Waals surface area (Å²) in [4.78, 5) is 9.28. The first-order chi connectivity index (χ1) is 12.2. The fraction of sp³-hybridized carbons (Fsp3) is 0.579. The molecule has 134 valence electrons.